The number of hydrogen-bond acceptors (Lipinski definition) is 4. The zero-order chi connectivity index (χ0) is 18.8. The van der Waals surface area contributed by atoms with Crippen molar-refractivity contribution in [1.29, 1.82) is 0 Å². The van der Waals surface area contributed by atoms with Gasteiger partial charge in [0.2, 0.25) is 11.8 Å². The van der Waals surface area contributed by atoms with Gasteiger partial charge >= 0.3 is 6.03 Å². The quantitative estimate of drug-likeness (QED) is 0.776. The molecule has 1 aromatic rings. The molecule has 2 aliphatic heterocycles. The van der Waals surface area contributed by atoms with Crippen LogP contribution >= 0.6 is 0 Å². The number of carbonyl (C=O) groups excluding carboxylic acids is 4. The summed E-state index contributed by atoms with van der Waals surface area (Å²) in [6.45, 7) is 3.90. The smallest absolute Gasteiger partial charge is 0.325 e. The lowest BCUT2D eigenvalue weighted by Crippen LogP contribution is -2.39. The van der Waals surface area contributed by atoms with Gasteiger partial charge in [0.1, 0.15) is 12.6 Å². The third-order valence-corrected chi connectivity index (χ3v) is 4.57. The van der Waals surface area contributed by atoms with Crippen molar-refractivity contribution in [3.63, 3.8) is 0 Å². The van der Waals surface area contributed by atoms with E-state index in [1.165, 1.54) is 0 Å². The summed E-state index contributed by atoms with van der Waals surface area (Å²) in [5.41, 5.74) is 1.11. The molecule has 2 fully saturated rings. The molecule has 8 nitrogen and oxygen atoms in total. The van der Waals surface area contributed by atoms with Crippen LogP contribution in [-0.4, -0.2) is 47.8 Å². The first-order chi connectivity index (χ1) is 12.4. The Morgan fingerprint density at radius 1 is 1.27 bits per heavy atom. The van der Waals surface area contributed by atoms with Gasteiger partial charge in [-0.1, -0.05) is 26.0 Å². The normalized spacial score (nSPS) is 20.1. The van der Waals surface area contributed by atoms with E-state index in [4.69, 9.17) is 0 Å². The zero-order valence-corrected chi connectivity index (χ0v) is 14.8. The Morgan fingerprint density at radius 3 is 2.62 bits per heavy atom. The molecule has 1 unspecified atom stereocenters. The van der Waals surface area contributed by atoms with Gasteiger partial charge in [-0.15, -0.1) is 0 Å². The predicted molar refractivity (Wildman–Crippen MR) is 95.5 cm³/mol. The second kappa shape index (κ2) is 7.15. The zero-order valence-electron chi connectivity index (χ0n) is 14.8. The van der Waals surface area contributed by atoms with Gasteiger partial charge in [0.15, 0.2) is 0 Å². The predicted octanol–water partition coefficient (Wildman–Crippen LogP) is 1.33. The Morgan fingerprint density at radius 2 is 2.00 bits per heavy atom. The summed E-state index contributed by atoms with van der Waals surface area (Å²) in [5, 5.41) is 5.30. The summed E-state index contributed by atoms with van der Waals surface area (Å²) in [5.74, 6) is -0.929. The molecule has 2 saturated heterocycles. The number of rotatable bonds is 5. The van der Waals surface area contributed by atoms with Crippen molar-refractivity contribution in [2.45, 2.75) is 32.7 Å². The molecule has 8 heteroatoms. The molecule has 0 aliphatic carbocycles. The molecule has 5 amide bonds. The van der Waals surface area contributed by atoms with Gasteiger partial charge in [-0.2, -0.15) is 0 Å². The van der Waals surface area contributed by atoms with Gasteiger partial charge in [0.25, 0.3) is 5.91 Å². The van der Waals surface area contributed by atoms with Crippen molar-refractivity contribution < 1.29 is 19.2 Å². The first-order valence-electron chi connectivity index (χ1n) is 8.69. The standard InChI is InChI=1S/C18H22N4O4/c1-11(2)16-17(25)22(18(26)20-16)10-14(23)19-12-6-3-4-7-13(12)21-9-5-8-15(21)24/h3-4,6-7,11,16H,5,8-10H2,1-2H3,(H,19,23)(H,20,26). The van der Waals surface area contributed by atoms with Crippen LogP contribution in [-0.2, 0) is 14.4 Å². The average molecular weight is 358 g/mol. The maximum absolute atomic E-state index is 12.4. The Kier molecular flexibility index (Phi) is 4.92. The lowest BCUT2D eigenvalue weighted by molar-refractivity contribution is -0.131. The lowest BCUT2D eigenvalue weighted by Gasteiger charge is -2.20. The Balaban J connectivity index is 1.70. The van der Waals surface area contributed by atoms with E-state index in [0.717, 1.165) is 11.3 Å². The fraction of sp³-hybridized carbons (Fsp3) is 0.444. The molecule has 0 spiro atoms. The van der Waals surface area contributed by atoms with Crippen molar-refractivity contribution in [2.75, 3.05) is 23.3 Å². The lowest BCUT2D eigenvalue weighted by atomic mass is 10.1. The second-order valence-corrected chi connectivity index (χ2v) is 6.81. The fourth-order valence-electron chi connectivity index (χ4n) is 3.19. The van der Waals surface area contributed by atoms with E-state index in [0.29, 0.717) is 24.3 Å². The van der Waals surface area contributed by atoms with Crippen LogP contribution in [0.4, 0.5) is 16.2 Å². The third kappa shape index (κ3) is 3.40. The monoisotopic (exact) mass is 358 g/mol. The molecule has 138 valence electrons. The van der Waals surface area contributed by atoms with Crippen LogP contribution in [0.25, 0.3) is 0 Å². The highest BCUT2D eigenvalue weighted by Gasteiger charge is 2.40. The van der Waals surface area contributed by atoms with Gasteiger partial charge in [0, 0.05) is 13.0 Å². The Bertz CT molecular complexity index is 761. The van der Waals surface area contributed by atoms with E-state index in [9.17, 15) is 19.2 Å². The highest BCUT2D eigenvalue weighted by molar-refractivity contribution is 6.09. The third-order valence-electron chi connectivity index (χ3n) is 4.57. The van der Waals surface area contributed by atoms with E-state index in [1.54, 1.807) is 29.2 Å². The number of imide groups is 1. The van der Waals surface area contributed by atoms with Crippen LogP contribution in [0.1, 0.15) is 26.7 Å². The first kappa shape index (κ1) is 17.9. The molecule has 0 aromatic heterocycles. The van der Waals surface area contributed by atoms with Crippen LogP contribution in [0.3, 0.4) is 0 Å². The van der Waals surface area contributed by atoms with Crippen LogP contribution in [0.2, 0.25) is 0 Å². The summed E-state index contributed by atoms with van der Waals surface area (Å²) in [6, 6.07) is 5.84. The molecular formula is C18H22N4O4. The maximum atomic E-state index is 12.4. The number of nitrogens with zero attached hydrogens (tertiary/aromatic N) is 2. The molecule has 0 saturated carbocycles. The second-order valence-electron chi connectivity index (χ2n) is 6.81. The molecule has 26 heavy (non-hydrogen) atoms. The molecule has 1 aromatic carbocycles. The summed E-state index contributed by atoms with van der Waals surface area (Å²) in [7, 11) is 0. The molecule has 1 atom stereocenters. The average Bonchev–Trinajstić information content (AvgIpc) is 3.13. The molecule has 0 bridgehead atoms. The van der Waals surface area contributed by atoms with Crippen LogP contribution < -0.4 is 15.5 Å². The summed E-state index contributed by atoms with van der Waals surface area (Å²) in [6.07, 6.45) is 1.27. The topological polar surface area (TPSA) is 98.8 Å². The number of nitrogens with one attached hydrogen (secondary N) is 2. The fourth-order valence-corrected chi connectivity index (χ4v) is 3.19. The molecule has 2 N–H and O–H groups in total. The Labute approximate surface area is 151 Å². The molecule has 3 rings (SSSR count). The van der Waals surface area contributed by atoms with E-state index in [2.05, 4.69) is 10.6 Å². The minimum absolute atomic E-state index is 0.0144. The molecular weight excluding hydrogens is 336 g/mol. The van der Waals surface area contributed by atoms with Crippen molar-refractivity contribution in [3.05, 3.63) is 24.3 Å². The number of hydrogen-bond donors (Lipinski definition) is 2. The van der Waals surface area contributed by atoms with E-state index in [-0.39, 0.29) is 18.4 Å². The SMILES string of the molecule is CC(C)C1NC(=O)N(CC(=O)Nc2ccccc2N2CCCC2=O)C1=O. The molecule has 2 heterocycles. The number of para-hydroxylation sites is 2. The minimum atomic E-state index is -0.607. The number of urea groups is 1. The van der Waals surface area contributed by atoms with Gasteiger partial charge in [-0.05, 0) is 24.5 Å². The minimum Gasteiger partial charge on any atom is -0.326 e. The summed E-state index contributed by atoms with van der Waals surface area (Å²) < 4.78 is 0. The number of anilines is 2. The summed E-state index contributed by atoms with van der Waals surface area (Å²) >= 11 is 0. The molecule has 2 aliphatic rings. The highest BCUT2D eigenvalue weighted by Crippen LogP contribution is 2.29. The van der Waals surface area contributed by atoms with E-state index in [1.807, 2.05) is 13.8 Å². The largest absolute Gasteiger partial charge is 0.326 e. The van der Waals surface area contributed by atoms with Gasteiger partial charge < -0.3 is 15.5 Å². The Hall–Kier alpha value is -2.90. The summed E-state index contributed by atoms with van der Waals surface area (Å²) in [4.78, 5) is 51.2. The van der Waals surface area contributed by atoms with Crippen LogP contribution in [0.5, 0.6) is 0 Å². The van der Waals surface area contributed by atoms with Gasteiger partial charge in [0.05, 0.1) is 11.4 Å². The van der Waals surface area contributed by atoms with Crippen molar-refractivity contribution in [1.82, 2.24) is 10.2 Å². The van der Waals surface area contributed by atoms with Crippen molar-refractivity contribution in [3.8, 4) is 0 Å². The number of carbonyl (C=O) groups is 4. The van der Waals surface area contributed by atoms with Crippen molar-refractivity contribution >= 4 is 35.1 Å². The number of benzene rings is 1. The van der Waals surface area contributed by atoms with Gasteiger partial charge in [-0.25, -0.2) is 4.79 Å². The highest BCUT2D eigenvalue weighted by atomic mass is 16.2. The maximum Gasteiger partial charge on any atom is 0.325 e. The van der Waals surface area contributed by atoms with Crippen LogP contribution in [0.15, 0.2) is 24.3 Å². The van der Waals surface area contributed by atoms with Crippen molar-refractivity contribution in [2.24, 2.45) is 5.92 Å². The van der Waals surface area contributed by atoms with E-state index >= 15 is 0 Å². The van der Waals surface area contributed by atoms with Gasteiger partial charge in [-0.3, -0.25) is 19.3 Å². The van der Waals surface area contributed by atoms with Crippen LogP contribution in [0, 0.1) is 5.92 Å². The number of amides is 5. The first-order valence-corrected chi connectivity index (χ1v) is 8.69. The molecule has 0 radical (unpaired) electrons. The van der Waals surface area contributed by atoms with E-state index < -0.39 is 23.9 Å².